The fraction of sp³-hybridized carbons (Fsp3) is 0.438. The number of hydrogen-bond donors (Lipinski definition) is 4. The number of rotatable bonds is 5. The Kier molecular flexibility index (Phi) is 5.37. The lowest BCUT2D eigenvalue weighted by atomic mass is 10.0. The van der Waals surface area contributed by atoms with Gasteiger partial charge >= 0.3 is 7.60 Å². The van der Waals surface area contributed by atoms with Gasteiger partial charge in [0.1, 0.15) is 5.78 Å². The van der Waals surface area contributed by atoms with Gasteiger partial charge in [-0.25, -0.2) is 0 Å². The minimum absolute atomic E-state index is 0.128. The third-order valence-electron chi connectivity index (χ3n) is 4.21. The van der Waals surface area contributed by atoms with E-state index < -0.39 is 13.4 Å². The van der Waals surface area contributed by atoms with Crippen molar-refractivity contribution in [3.8, 4) is 0 Å². The van der Waals surface area contributed by atoms with Crippen LogP contribution in [0, 0.1) is 0 Å². The molecule has 1 aromatic carbocycles. The van der Waals surface area contributed by atoms with Gasteiger partial charge in [-0.15, -0.1) is 11.3 Å². The van der Waals surface area contributed by atoms with Crippen molar-refractivity contribution in [1.82, 2.24) is 10.6 Å². The van der Waals surface area contributed by atoms with Crippen LogP contribution in [0.15, 0.2) is 30.3 Å². The van der Waals surface area contributed by atoms with E-state index in [1.807, 2.05) is 30.3 Å². The summed E-state index contributed by atoms with van der Waals surface area (Å²) < 4.78 is 12.9. The van der Waals surface area contributed by atoms with Gasteiger partial charge in [0.25, 0.3) is 0 Å². The third kappa shape index (κ3) is 4.23. The zero-order valence-electron chi connectivity index (χ0n) is 13.1. The first-order valence-electron chi connectivity index (χ1n) is 7.99. The summed E-state index contributed by atoms with van der Waals surface area (Å²) in [5.74, 6) is -1.53. The zero-order chi connectivity index (χ0) is 17.2. The highest BCUT2D eigenvalue weighted by Crippen LogP contribution is 2.42. The van der Waals surface area contributed by atoms with Crippen LogP contribution in [0.1, 0.15) is 24.1 Å². The van der Waals surface area contributed by atoms with Gasteiger partial charge in [-0.05, 0) is 36.9 Å². The van der Waals surface area contributed by atoms with Crippen LogP contribution in [0.3, 0.4) is 0 Å². The Morgan fingerprint density at radius 2 is 2.17 bits per heavy atom. The highest BCUT2D eigenvalue weighted by molar-refractivity contribution is 7.52. The number of fused-ring (bicyclic) bond motifs is 1. The van der Waals surface area contributed by atoms with Gasteiger partial charge in [0.2, 0.25) is 5.91 Å². The molecule has 130 valence electrons. The van der Waals surface area contributed by atoms with Crippen molar-refractivity contribution in [3.05, 3.63) is 35.2 Å². The largest absolute Gasteiger partial charge is 0.349 e. The lowest BCUT2D eigenvalue weighted by molar-refractivity contribution is -0.121. The van der Waals surface area contributed by atoms with Gasteiger partial charge in [0.15, 0.2) is 0 Å². The van der Waals surface area contributed by atoms with Gasteiger partial charge in [0.05, 0.1) is 6.42 Å². The number of piperidine rings is 1. The summed E-state index contributed by atoms with van der Waals surface area (Å²) in [7, 11) is -4.42. The monoisotopic (exact) mass is 368 g/mol. The minimum Gasteiger partial charge on any atom is -0.340 e. The number of benzene rings is 1. The van der Waals surface area contributed by atoms with Crippen LogP contribution in [-0.2, 0) is 15.8 Å². The molecule has 0 aliphatic carbocycles. The van der Waals surface area contributed by atoms with Gasteiger partial charge in [-0.3, -0.25) is 9.36 Å². The Balaban J connectivity index is 1.69. The third-order valence-corrected chi connectivity index (χ3v) is 6.54. The molecule has 0 spiro atoms. The van der Waals surface area contributed by atoms with Crippen LogP contribution in [0.2, 0.25) is 0 Å². The van der Waals surface area contributed by atoms with Crippen molar-refractivity contribution in [1.29, 1.82) is 0 Å². The van der Waals surface area contributed by atoms with E-state index in [2.05, 4.69) is 10.6 Å². The maximum atomic E-state index is 12.3. The lowest BCUT2D eigenvalue weighted by Gasteiger charge is -2.32. The molecule has 1 aliphatic heterocycles. The fourth-order valence-electron chi connectivity index (χ4n) is 3.07. The summed E-state index contributed by atoms with van der Waals surface area (Å²) in [5, 5.41) is 6.75. The Morgan fingerprint density at radius 1 is 1.38 bits per heavy atom. The standard InChI is InChI=1S/C16H21N2O4PS/c19-15(10-12-9-11-5-1-2-7-14(11)24-12)18-16(23(20,21)22)13-6-3-4-8-17-13/h1-2,5,7,9,13,16-17H,3-4,6,8,10H2,(H,18,19)(H2,20,21,22). The quantitative estimate of drug-likeness (QED) is 0.607. The predicted molar refractivity (Wildman–Crippen MR) is 95.1 cm³/mol. The molecule has 2 heterocycles. The molecule has 1 fully saturated rings. The average molecular weight is 368 g/mol. The topological polar surface area (TPSA) is 98.7 Å². The van der Waals surface area contributed by atoms with Crippen molar-refractivity contribution in [2.45, 2.75) is 37.5 Å². The van der Waals surface area contributed by atoms with E-state index in [0.717, 1.165) is 27.8 Å². The Hall–Kier alpha value is -1.24. The molecular formula is C16H21N2O4PS. The molecule has 8 heteroatoms. The molecule has 1 saturated heterocycles. The first kappa shape index (κ1) is 17.6. The SMILES string of the molecule is O=C(Cc1cc2ccccc2s1)NC(C1CCCCN1)P(=O)(O)O. The Labute approximate surface area is 144 Å². The maximum Gasteiger partial charge on any atom is 0.349 e. The molecule has 2 aromatic rings. The lowest BCUT2D eigenvalue weighted by Crippen LogP contribution is -2.51. The van der Waals surface area contributed by atoms with Crippen molar-refractivity contribution < 1.29 is 19.1 Å². The van der Waals surface area contributed by atoms with Gasteiger partial charge in [0, 0.05) is 15.6 Å². The summed E-state index contributed by atoms with van der Waals surface area (Å²) in [6.45, 7) is 0.716. The van der Waals surface area contributed by atoms with Crippen LogP contribution in [-0.4, -0.2) is 34.1 Å². The first-order valence-corrected chi connectivity index (χ1v) is 10.5. The molecule has 24 heavy (non-hydrogen) atoms. The summed E-state index contributed by atoms with van der Waals surface area (Å²) in [6, 6.07) is 9.43. The highest BCUT2D eigenvalue weighted by Gasteiger charge is 2.37. The van der Waals surface area contributed by atoms with Crippen LogP contribution in [0.25, 0.3) is 10.1 Å². The van der Waals surface area contributed by atoms with E-state index >= 15 is 0 Å². The van der Waals surface area contributed by atoms with Crippen LogP contribution in [0.4, 0.5) is 0 Å². The number of carbonyl (C=O) groups is 1. The van der Waals surface area contributed by atoms with Crippen molar-refractivity contribution in [2.24, 2.45) is 0 Å². The molecular weight excluding hydrogens is 347 g/mol. The number of thiophene rings is 1. The molecule has 2 atom stereocenters. The molecule has 0 radical (unpaired) electrons. The van der Waals surface area contributed by atoms with Gasteiger partial charge in [-0.1, -0.05) is 24.6 Å². The first-order chi connectivity index (χ1) is 11.4. The van der Waals surface area contributed by atoms with E-state index in [4.69, 9.17) is 0 Å². The summed E-state index contributed by atoms with van der Waals surface area (Å²) in [4.78, 5) is 32.4. The number of carbonyl (C=O) groups excluding carboxylic acids is 1. The second kappa shape index (κ2) is 7.33. The van der Waals surface area contributed by atoms with Crippen molar-refractivity contribution in [2.75, 3.05) is 6.54 Å². The number of nitrogens with one attached hydrogen (secondary N) is 2. The van der Waals surface area contributed by atoms with Gasteiger partial charge < -0.3 is 20.4 Å². The molecule has 6 nitrogen and oxygen atoms in total. The molecule has 0 bridgehead atoms. The highest BCUT2D eigenvalue weighted by atomic mass is 32.1. The number of amides is 1. The smallest absolute Gasteiger partial charge is 0.340 e. The fourth-order valence-corrected chi connectivity index (χ4v) is 5.16. The Bertz CT molecular complexity index is 733. The summed E-state index contributed by atoms with van der Waals surface area (Å²) in [5.41, 5.74) is 0. The van der Waals surface area contributed by atoms with E-state index in [1.54, 1.807) is 0 Å². The van der Waals surface area contributed by atoms with Crippen molar-refractivity contribution in [3.63, 3.8) is 0 Å². The molecule has 1 aliphatic rings. The second-order valence-electron chi connectivity index (χ2n) is 6.09. The Morgan fingerprint density at radius 3 is 2.83 bits per heavy atom. The normalized spacial score (nSPS) is 20.0. The molecule has 4 N–H and O–H groups in total. The minimum atomic E-state index is -4.42. The van der Waals surface area contributed by atoms with E-state index in [1.165, 1.54) is 11.3 Å². The second-order valence-corrected chi connectivity index (χ2v) is 8.99. The van der Waals surface area contributed by atoms with Crippen LogP contribution >= 0.6 is 18.9 Å². The van der Waals surface area contributed by atoms with E-state index in [-0.39, 0.29) is 18.4 Å². The summed E-state index contributed by atoms with van der Waals surface area (Å²) in [6.07, 6.45) is 2.67. The van der Waals surface area contributed by atoms with Crippen molar-refractivity contribution >= 4 is 34.9 Å². The van der Waals surface area contributed by atoms with E-state index in [0.29, 0.717) is 13.0 Å². The van der Waals surface area contributed by atoms with E-state index in [9.17, 15) is 19.1 Å². The maximum absolute atomic E-state index is 12.3. The zero-order valence-corrected chi connectivity index (χ0v) is 14.9. The average Bonchev–Trinajstić information content (AvgIpc) is 2.94. The molecule has 0 saturated carbocycles. The van der Waals surface area contributed by atoms with Crippen LogP contribution < -0.4 is 10.6 Å². The molecule has 3 rings (SSSR count). The molecule has 2 unspecified atom stereocenters. The predicted octanol–water partition coefficient (Wildman–Crippen LogP) is 2.21. The molecule has 1 aromatic heterocycles. The summed E-state index contributed by atoms with van der Waals surface area (Å²) >= 11 is 1.53. The van der Waals surface area contributed by atoms with Gasteiger partial charge in [-0.2, -0.15) is 0 Å². The van der Waals surface area contributed by atoms with Crippen LogP contribution in [0.5, 0.6) is 0 Å². The number of hydrogen-bond acceptors (Lipinski definition) is 4. The molecule has 1 amide bonds.